The quantitative estimate of drug-likeness (QED) is 0.879. The number of hydrogen-bond acceptors (Lipinski definition) is 2. The molecule has 0 amide bonds. The Bertz CT molecular complexity index is 384. The molecule has 3 N–H and O–H groups in total. The van der Waals surface area contributed by atoms with Gasteiger partial charge in [0.1, 0.15) is 0 Å². The standard InChI is InChI=1S/C11H13BrClNO2/c12-10-3-1-8(13)5-7(10)6-9(14)2-4-11(15)16/h1,3,5,9H,2,4,6,14H2,(H,15,16). The van der Waals surface area contributed by atoms with E-state index in [-0.39, 0.29) is 12.5 Å². The van der Waals surface area contributed by atoms with E-state index in [4.69, 9.17) is 22.4 Å². The highest BCUT2D eigenvalue weighted by Gasteiger charge is 2.09. The normalized spacial score (nSPS) is 12.4. The zero-order valence-corrected chi connectivity index (χ0v) is 11.0. The van der Waals surface area contributed by atoms with Crippen molar-refractivity contribution in [2.75, 3.05) is 0 Å². The molecule has 0 aliphatic heterocycles. The van der Waals surface area contributed by atoms with Crippen molar-refractivity contribution in [2.45, 2.75) is 25.3 Å². The van der Waals surface area contributed by atoms with Gasteiger partial charge in [0.2, 0.25) is 0 Å². The van der Waals surface area contributed by atoms with Gasteiger partial charge in [-0.3, -0.25) is 4.79 Å². The van der Waals surface area contributed by atoms with Crippen LogP contribution in [0.2, 0.25) is 5.02 Å². The van der Waals surface area contributed by atoms with Crippen LogP contribution in [0.15, 0.2) is 22.7 Å². The first kappa shape index (κ1) is 13.5. The van der Waals surface area contributed by atoms with Gasteiger partial charge >= 0.3 is 5.97 Å². The molecule has 0 aliphatic carbocycles. The molecule has 0 fully saturated rings. The highest BCUT2D eigenvalue weighted by Crippen LogP contribution is 2.22. The molecule has 1 rings (SSSR count). The summed E-state index contributed by atoms with van der Waals surface area (Å²) in [7, 11) is 0. The number of carbonyl (C=O) groups is 1. The fraction of sp³-hybridized carbons (Fsp3) is 0.364. The summed E-state index contributed by atoms with van der Waals surface area (Å²) in [5, 5.41) is 9.20. The molecule has 0 radical (unpaired) electrons. The number of rotatable bonds is 5. The average Bonchev–Trinajstić information content (AvgIpc) is 2.20. The summed E-state index contributed by atoms with van der Waals surface area (Å²) < 4.78 is 0.947. The summed E-state index contributed by atoms with van der Waals surface area (Å²) in [4.78, 5) is 10.4. The van der Waals surface area contributed by atoms with Crippen LogP contribution in [0, 0.1) is 0 Å². The van der Waals surface area contributed by atoms with Gasteiger partial charge in [-0.1, -0.05) is 27.5 Å². The summed E-state index contributed by atoms with van der Waals surface area (Å²) in [5.74, 6) is -0.819. The zero-order chi connectivity index (χ0) is 12.1. The van der Waals surface area contributed by atoms with Crippen molar-refractivity contribution in [3.05, 3.63) is 33.3 Å². The first-order chi connectivity index (χ1) is 7.49. The second-order valence-electron chi connectivity index (χ2n) is 3.63. The monoisotopic (exact) mass is 305 g/mol. The number of carboxylic acid groups (broad SMARTS) is 1. The van der Waals surface area contributed by atoms with Crippen molar-refractivity contribution in [1.82, 2.24) is 0 Å². The van der Waals surface area contributed by atoms with Crippen LogP contribution < -0.4 is 5.73 Å². The maximum absolute atomic E-state index is 10.4. The van der Waals surface area contributed by atoms with Crippen molar-refractivity contribution in [3.63, 3.8) is 0 Å². The van der Waals surface area contributed by atoms with Crippen molar-refractivity contribution < 1.29 is 9.90 Å². The molecule has 5 heteroatoms. The zero-order valence-electron chi connectivity index (χ0n) is 8.62. The molecule has 3 nitrogen and oxygen atoms in total. The van der Waals surface area contributed by atoms with Crippen LogP contribution in [0.3, 0.4) is 0 Å². The van der Waals surface area contributed by atoms with Gasteiger partial charge in [-0.05, 0) is 36.6 Å². The average molecular weight is 307 g/mol. The largest absolute Gasteiger partial charge is 0.481 e. The van der Waals surface area contributed by atoms with Crippen molar-refractivity contribution in [3.8, 4) is 0 Å². The van der Waals surface area contributed by atoms with Gasteiger partial charge in [-0.25, -0.2) is 0 Å². The molecule has 88 valence electrons. The first-order valence-corrected chi connectivity index (χ1v) is 6.07. The Hall–Kier alpha value is -0.580. The van der Waals surface area contributed by atoms with Crippen LogP contribution in [0.1, 0.15) is 18.4 Å². The Morgan fingerprint density at radius 2 is 2.25 bits per heavy atom. The highest BCUT2D eigenvalue weighted by atomic mass is 79.9. The van der Waals surface area contributed by atoms with Crippen LogP contribution in [0.4, 0.5) is 0 Å². The van der Waals surface area contributed by atoms with Gasteiger partial charge in [0, 0.05) is 22.0 Å². The predicted molar refractivity (Wildman–Crippen MR) is 67.7 cm³/mol. The second-order valence-corrected chi connectivity index (χ2v) is 4.92. The summed E-state index contributed by atoms with van der Waals surface area (Å²) in [6.45, 7) is 0. The molecule has 0 saturated carbocycles. The molecule has 1 unspecified atom stereocenters. The minimum absolute atomic E-state index is 0.0966. The molecule has 0 heterocycles. The van der Waals surface area contributed by atoms with Gasteiger partial charge in [-0.15, -0.1) is 0 Å². The van der Waals surface area contributed by atoms with E-state index in [2.05, 4.69) is 15.9 Å². The molecule has 0 aromatic heterocycles. The van der Waals surface area contributed by atoms with E-state index in [9.17, 15) is 4.79 Å². The fourth-order valence-electron chi connectivity index (χ4n) is 1.39. The minimum Gasteiger partial charge on any atom is -0.481 e. The lowest BCUT2D eigenvalue weighted by molar-refractivity contribution is -0.137. The molecule has 1 aromatic rings. The minimum atomic E-state index is -0.819. The molecule has 0 aliphatic rings. The number of hydrogen-bond donors (Lipinski definition) is 2. The summed E-state index contributed by atoms with van der Waals surface area (Å²) in [5.41, 5.74) is 6.85. The lowest BCUT2D eigenvalue weighted by Gasteiger charge is -2.11. The van der Waals surface area contributed by atoms with Gasteiger partial charge < -0.3 is 10.8 Å². The number of carboxylic acids is 1. The number of benzene rings is 1. The molecule has 0 saturated heterocycles. The molecule has 0 spiro atoms. The summed E-state index contributed by atoms with van der Waals surface area (Å²) >= 11 is 9.28. The topological polar surface area (TPSA) is 63.3 Å². The summed E-state index contributed by atoms with van der Waals surface area (Å²) in [6, 6.07) is 5.33. The van der Waals surface area contributed by atoms with Crippen LogP contribution >= 0.6 is 27.5 Å². The molecular formula is C11H13BrClNO2. The fourth-order valence-corrected chi connectivity index (χ4v) is 2.00. The van der Waals surface area contributed by atoms with Crippen LogP contribution in [-0.4, -0.2) is 17.1 Å². The van der Waals surface area contributed by atoms with Crippen LogP contribution in [-0.2, 0) is 11.2 Å². The maximum atomic E-state index is 10.4. The third-order valence-corrected chi connectivity index (χ3v) is 3.23. The SMILES string of the molecule is NC(CCC(=O)O)Cc1cc(Cl)ccc1Br. The summed E-state index contributed by atoms with van der Waals surface area (Å²) in [6.07, 6.45) is 1.18. The third kappa shape index (κ3) is 4.51. The number of aliphatic carboxylic acids is 1. The molecule has 16 heavy (non-hydrogen) atoms. The van der Waals surface area contributed by atoms with Gasteiger partial charge in [0.25, 0.3) is 0 Å². The Kier molecular flexibility index (Phi) is 5.25. The van der Waals surface area contributed by atoms with E-state index in [1.807, 2.05) is 12.1 Å². The second kappa shape index (κ2) is 6.23. The lowest BCUT2D eigenvalue weighted by atomic mass is 10.0. The Labute approximate surface area is 108 Å². The van der Waals surface area contributed by atoms with E-state index in [1.165, 1.54) is 0 Å². The number of nitrogens with two attached hydrogens (primary N) is 1. The smallest absolute Gasteiger partial charge is 0.303 e. The predicted octanol–water partition coefficient (Wildman–Crippen LogP) is 2.84. The van der Waals surface area contributed by atoms with E-state index < -0.39 is 5.97 Å². The van der Waals surface area contributed by atoms with E-state index >= 15 is 0 Å². The van der Waals surface area contributed by atoms with Gasteiger partial charge in [0.05, 0.1) is 0 Å². The van der Waals surface area contributed by atoms with E-state index in [0.717, 1.165) is 10.0 Å². The molecule has 0 bridgehead atoms. The molecule has 1 aromatic carbocycles. The Morgan fingerprint density at radius 3 is 2.88 bits per heavy atom. The molecular weight excluding hydrogens is 293 g/mol. The van der Waals surface area contributed by atoms with Crippen molar-refractivity contribution in [1.29, 1.82) is 0 Å². The first-order valence-electron chi connectivity index (χ1n) is 4.90. The Balaban J connectivity index is 2.58. The maximum Gasteiger partial charge on any atom is 0.303 e. The van der Waals surface area contributed by atoms with Crippen molar-refractivity contribution >= 4 is 33.5 Å². The van der Waals surface area contributed by atoms with E-state index in [1.54, 1.807) is 6.07 Å². The lowest BCUT2D eigenvalue weighted by Crippen LogP contribution is -2.24. The van der Waals surface area contributed by atoms with Crippen molar-refractivity contribution in [2.24, 2.45) is 5.73 Å². The Morgan fingerprint density at radius 1 is 1.56 bits per heavy atom. The molecule has 1 atom stereocenters. The van der Waals surface area contributed by atoms with E-state index in [0.29, 0.717) is 17.9 Å². The number of halogens is 2. The van der Waals surface area contributed by atoms with Crippen LogP contribution in [0.25, 0.3) is 0 Å². The van der Waals surface area contributed by atoms with Crippen LogP contribution in [0.5, 0.6) is 0 Å². The third-order valence-electron chi connectivity index (χ3n) is 2.22. The van der Waals surface area contributed by atoms with Gasteiger partial charge in [0.15, 0.2) is 0 Å². The highest BCUT2D eigenvalue weighted by molar-refractivity contribution is 9.10. The van der Waals surface area contributed by atoms with Gasteiger partial charge in [-0.2, -0.15) is 0 Å².